The Kier molecular flexibility index (Phi) is 9.58. The van der Waals surface area contributed by atoms with Gasteiger partial charge in [0.25, 0.3) is 5.78 Å². The van der Waals surface area contributed by atoms with Crippen molar-refractivity contribution >= 4 is 57.3 Å². The third-order valence-corrected chi connectivity index (χ3v) is 9.83. The molecule has 0 aliphatic carbocycles. The number of aromatic nitrogens is 2. The van der Waals surface area contributed by atoms with Crippen molar-refractivity contribution in [2.75, 3.05) is 24.7 Å². The molecule has 2 aliphatic rings. The SMILES string of the molecule is CCCCCOc1cccc([C@@H]2/C(=C(\O)c3ccc4c(c3)OCCO4)C(=O)C(=O)N2c2nnc(SCc3ccccc3Cl)s2)c1. The molecule has 45 heavy (non-hydrogen) atoms. The normalized spacial score (nSPS) is 17.1. The van der Waals surface area contributed by atoms with Crippen molar-refractivity contribution in [2.24, 2.45) is 0 Å². The molecule has 9 nitrogen and oxygen atoms in total. The molecule has 2 aliphatic heterocycles. The number of ether oxygens (including phenoxy) is 3. The second-order valence-corrected chi connectivity index (χ2v) is 13.0. The van der Waals surface area contributed by atoms with Crippen molar-refractivity contribution in [1.82, 2.24) is 10.2 Å². The lowest BCUT2D eigenvalue weighted by Gasteiger charge is -2.23. The van der Waals surface area contributed by atoms with E-state index in [-0.39, 0.29) is 16.5 Å². The minimum Gasteiger partial charge on any atom is -0.507 e. The van der Waals surface area contributed by atoms with E-state index in [1.165, 1.54) is 28.0 Å². The molecular formula is C33H30ClN3O6S2. The number of fused-ring (bicyclic) bond motifs is 1. The highest BCUT2D eigenvalue weighted by Gasteiger charge is 2.48. The topological polar surface area (TPSA) is 111 Å². The molecule has 0 radical (unpaired) electrons. The van der Waals surface area contributed by atoms with Gasteiger partial charge in [-0.2, -0.15) is 0 Å². The Morgan fingerprint density at radius 3 is 2.69 bits per heavy atom. The summed E-state index contributed by atoms with van der Waals surface area (Å²) in [5.41, 5.74) is 1.78. The molecule has 1 aromatic heterocycles. The lowest BCUT2D eigenvalue weighted by molar-refractivity contribution is -0.132. The van der Waals surface area contributed by atoms with Crippen LogP contribution in [0.4, 0.5) is 5.13 Å². The smallest absolute Gasteiger partial charge is 0.301 e. The van der Waals surface area contributed by atoms with Crippen molar-refractivity contribution < 1.29 is 28.9 Å². The van der Waals surface area contributed by atoms with E-state index >= 15 is 0 Å². The minimum absolute atomic E-state index is 0.0692. The average Bonchev–Trinajstić information content (AvgIpc) is 3.64. The van der Waals surface area contributed by atoms with E-state index in [1.54, 1.807) is 36.4 Å². The molecule has 1 fully saturated rings. The van der Waals surface area contributed by atoms with Gasteiger partial charge in [-0.25, -0.2) is 0 Å². The van der Waals surface area contributed by atoms with Crippen LogP contribution in [0.2, 0.25) is 5.02 Å². The number of ketones is 1. The van der Waals surface area contributed by atoms with Crippen molar-refractivity contribution in [2.45, 2.75) is 42.3 Å². The molecule has 1 amide bonds. The van der Waals surface area contributed by atoms with Crippen LogP contribution in [0.25, 0.3) is 5.76 Å². The van der Waals surface area contributed by atoms with Crippen molar-refractivity contribution in [3.05, 3.63) is 94.0 Å². The number of unbranched alkanes of at least 4 members (excludes halogenated alkanes) is 2. The third-order valence-electron chi connectivity index (χ3n) is 7.36. The molecule has 0 bridgehead atoms. The third kappa shape index (κ3) is 6.66. The highest BCUT2D eigenvalue weighted by atomic mass is 35.5. The monoisotopic (exact) mass is 663 g/mol. The quantitative estimate of drug-likeness (QED) is 0.0437. The predicted molar refractivity (Wildman–Crippen MR) is 175 cm³/mol. The summed E-state index contributed by atoms with van der Waals surface area (Å²) >= 11 is 8.95. The number of carbonyl (C=O) groups excluding carboxylic acids is 2. The van der Waals surface area contributed by atoms with Gasteiger partial charge < -0.3 is 19.3 Å². The Morgan fingerprint density at radius 1 is 1.04 bits per heavy atom. The van der Waals surface area contributed by atoms with Crippen LogP contribution in [-0.4, -0.2) is 46.8 Å². The number of carbonyl (C=O) groups is 2. The fourth-order valence-corrected chi connectivity index (χ4v) is 7.27. The number of aliphatic hydroxyl groups excluding tert-OH is 1. The standard InChI is InChI=1S/C33H30ClN3O6S2/c1-2-3-6-14-41-23-10-7-9-20(17-23)28-27(29(38)21-12-13-25-26(18-21)43-16-15-42-25)30(39)31(40)37(28)32-35-36-33(45-32)44-19-22-8-4-5-11-24(22)34/h4-5,7-13,17-18,28,38H,2-3,6,14-16,19H2,1H3/b29-27+/t28-/m1/s1. The van der Waals surface area contributed by atoms with Crippen LogP contribution in [0.5, 0.6) is 17.2 Å². The number of hydrogen-bond donors (Lipinski definition) is 1. The average molecular weight is 664 g/mol. The molecule has 4 aromatic rings. The van der Waals surface area contributed by atoms with E-state index in [0.29, 0.717) is 63.3 Å². The molecule has 3 aromatic carbocycles. The van der Waals surface area contributed by atoms with E-state index < -0.39 is 17.7 Å². The zero-order valence-electron chi connectivity index (χ0n) is 24.4. The summed E-state index contributed by atoms with van der Waals surface area (Å²) in [4.78, 5) is 28.7. The number of nitrogens with zero attached hydrogens (tertiary/aromatic N) is 3. The van der Waals surface area contributed by atoms with Crippen LogP contribution < -0.4 is 19.1 Å². The number of rotatable bonds is 11. The Labute approximate surface area is 273 Å². The summed E-state index contributed by atoms with van der Waals surface area (Å²) in [7, 11) is 0. The van der Waals surface area contributed by atoms with Crippen LogP contribution in [0, 0.1) is 0 Å². The van der Waals surface area contributed by atoms with E-state index in [1.807, 2.05) is 30.3 Å². The number of thioether (sulfide) groups is 1. The molecule has 1 saturated heterocycles. The first-order valence-corrected chi connectivity index (χ1v) is 16.8. The first kappa shape index (κ1) is 30.9. The summed E-state index contributed by atoms with van der Waals surface area (Å²) in [5, 5.41) is 21.1. The van der Waals surface area contributed by atoms with Gasteiger partial charge in [0.15, 0.2) is 15.8 Å². The second kappa shape index (κ2) is 13.9. The molecule has 0 spiro atoms. The van der Waals surface area contributed by atoms with Gasteiger partial charge in [0.2, 0.25) is 5.13 Å². The van der Waals surface area contributed by atoms with Gasteiger partial charge in [0, 0.05) is 16.3 Å². The molecule has 0 unspecified atom stereocenters. The first-order chi connectivity index (χ1) is 21.9. The van der Waals surface area contributed by atoms with E-state index in [0.717, 1.165) is 24.8 Å². The predicted octanol–water partition coefficient (Wildman–Crippen LogP) is 7.45. The second-order valence-electron chi connectivity index (χ2n) is 10.4. The van der Waals surface area contributed by atoms with Gasteiger partial charge in [0.1, 0.15) is 24.7 Å². The van der Waals surface area contributed by atoms with Gasteiger partial charge in [-0.3, -0.25) is 14.5 Å². The van der Waals surface area contributed by atoms with Crippen molar-refractivity contribution in [3.8, 4) is 17.2 Å². The zero-order chi connectivity index (χ0) is 31.3. The van der Waals surface area contributed by atoms with Gasteiger partial charge in [-0.1, -0.05) is 84.8 Å². The number of anilines is 1. The molecule has 3 heterocycles. The highest BCUT2D eigenvalue weighted by molar-refractivity contribution is 8.00. The van der Waals surface area contributed by atoms with Gasteiger partial charge in [0.05, 0.1) is 18.2 Å². The van der Waals surface area contributed by atoms with Crippen molar-refractivity contribution in [3.63, 3.8) is 0 Å². The largest absolute Gasteiger partial charge is 0.507 e. The van der Waals surface area contributed by atoms with E-state index in [2.05, 4.69) is 17.1 Å². The fourth-order valence-electron chi connectivity index (χ4n) is 5.12. The summed E-state index contributed by atoms with van der Waals surface area (Å²) in [6, 6.07) is 18.7. The molecule has 1 atom stereocenters. The number of benzene rings is 3. The number of amides is 1. The summed E-state index contributed by atoms with van der Waals surface area (Å²) in [6.45, 7) is 3.44. The van der Waals surface area contributed by atoms with Crippen LogP contribution in [0.1, 0.15) is 48.9 Å². The maximum absolute atomic E-state index is 13.7. The van der Waals surface area contributed by atoms with Crippen LogP contribution in [0.3, 0.4) is 0 Å². The minimum atomic E-state index is -0.980. The molecule has 6 rings (SSSR count). The van der Waals surface area contributed by atoms with Crippen molar-refractivity contribution in [1.29, 1.82) is 0 Å². The van der Waals surface area contributed by atoms with Crippen LogP contribution in [-0.2, 0) is 15.3 Å². The fraction of sp³-hybridized carbons (Fsp3) is 0.273. The highest BCUT2D eigenvalue weighted by Crippen LogP contribution is 2.45. The van der Waals surface area contributed by atoms with E-state index in [4.69, 9.17) is 25.8 Å². The van der Waals surface area contributed by atoms with Gasteiger partial charge >= 0.3 is 5.91 Å². The van der Waals surface area contributed by atoms with Gasteiger partial charge in [-0.15, -0.1) is 10.2 Å². The lowest BCUT2D eigenvalue weighted by Crippen LogP contribution is -2.29. The summed E-state index contributed by atoms with van der Waals surface area (Å²) in [5.74, 6) is 0.167. The van der Waals surface area contributed by atoms with Crippen LogP contribution >= 0.6 is 34.7 Å². The molecule has 1 N–H and O–H groups in total. The molecular weight excluding hydrogens is 634 g/mol. The van der Waals surface area contributed by atoms with Crippen LogP contribution in [0.15, 0.2) is 76.6 Å². The Balaban J connectivity index is 1.38. The zero-order valence-corrected chi connectivity index (χ0v) is 26.8. The maximum atomic E-state index is 13.7. The number of Topliss-reactive ketones (excluding diaryl/α,β-unsaturated/α-hetero) is 1. The van der Waals surface area contributed by atoms with Gasteiger partial charge in [-0.05, 0) is 53.9 Å². The summed E-state index contributed by atoms with van der Waals surface area (Å²) < 4.78 is 17.9. The molecule has 0 saturated carbocycles. The number of hydrogen-bond acceptors (Lipinski definition) is 10. The van der Waals surface area contributed by atoms with E-state index in [9.17, 15) is 14.7 Å². The Hall–Kier alpha value is -4.06. The number of halogens is 1. The lowest BCUT2D eigenvalue weighted by atomic mass is 9.95. The Morgan fingerprint density at radius 2 is 1.87 bits per heavy atom. The maximum Gasteiger partial charge on any atom is 0.301 e. The summed E-state index contributed by atoms with van der Waals surface area (Å²) in [6.07, 6.45) is 3.02. The molecule has 232 valence electrons. The molecule has 12 heteroatoms. The number of aliphatic hydroxyl groups is 1. The first-order valence-electron chi connectivity index (χ1n) is 14.6. The Bertz CT molecular complexity index is 1760.